The minimum absolute atomic E-state index is 0.131. The van der Waals surface area contributed by atoms with Gasteiger partial charge in [-0.3, -0.25) is 4.79 Å². The Bertz CT molecular complexity index is 470. The van der Waals surface area contributed by atoms with Gasteiger partial charge in [0.2, 0.25) is 5.91 Å². The van der Waals surface area contributed by atoms with E-state index >= 15 is 0 Å². The van der Waals surface area contributed by atoms with Gasteiger partial charge in [0, 0.05) is 13.0 Å². The number of halogens is 1. The summed E-state index contributed by atoms with van der Waals surface area (Å²) in [6.07, 6.45) is 8.81. The Balaban J connectivity index is 1.48. The van der Waals surface area contributed by atoms with E-state index in [2.05, 4.69) is 17.5 Å². The Morgan fingerprint density at radius 2 is 2.10 bits per heavy atom. The van der Waals surface area contributed by atoms with Crippen LogP contribution in [0.5, 0.6) is 5.75 Å². The summed E-state index contributed by atoms with van der Waals surface area (Å²) in [5.74, 6) is 0.966. The van der Waals surface area contributed by atoms with E-state index < -0.39 is 0 Å². The Morgan fingerprint density at radius 1 is 1.29 bits per heavy atom. The van der Waals surface area contributed by atoms with E-state index in [1.807, 2.05) is 0 Å². The quantitative estimate of drug-likeness (QED) is 0.588. The molecule has 0 spiro atoms. The molecule has 1 aromatic rings. The van der Waals surface area contributed by atoms with E-state index in [1.54, 1.807) is 12.1 Å². The smallest absolute Gasteiger partial charge is 0.220 e. The highest BCUT2D eigenvalue weighted by Gasteiger charge is 2.13. The lowest BCUT2D eigenvalue weighted by atomic mass is 10.1. The molecule has 1 N–H and O–H groups in total. The number of carbonyl (C=O) groups excluding carboxylic acids is 1. The highest BCUT2D eigenvalue weighted by Crippen LogP contribution is 2.19. The van der Waals surface area contributed by atoms with Crippen LogP contribution in [0.3, 0.4) is 0 Å². The molecule has 0 bridgehead atoms. The van der Waals surface area contributed by atoms with Crippen molar-refractivity contribution in [1.29, 1.82) is 0 Å². The summed E-state index contributed by atoms with van der Waals surface area (Å²) < 4.78 is 18.2. The van der Waals surface area contributed by atoms with Gasteiger partial charge in [-0.2, -0.15) is 0 Å². The summed E-state index contributed by atoms with van der Waals surface area (Å²) in [5, 5.41) is 2.94. The van der Waals surface area contributed by atoms with E-state index in [0.29, 0.717) is 31.2 Å². The lowest BCUT2D eigenvalue weighted by Gasteiger charge is -2.09. The van der Waals surface area contributed by atoms with Gasteiger partial charge in [-0.1, -0.05) is 12.2 Å². The number of allylic oxidation sites excluding steroid dienone is 2. The van der Waals surface area contributed by atoms with Crippen LogP contribution < -0.4 is 10.1 Å². The number of ether oxygens (including phenoxy) is 1. The first-order valence-electron chi connectivity index (χ1n) is 7.56. The van der Waals surface area contributed by atoms with Gasteiger partial charge in [0.05, 0.1) is 6.61 Å². The van der Waals surface area contributed by atoms with Gasteiger partial charge < -0.3 is 10.1 Å². The molecule has 0 saturated heterocycles. The topological polar surface area (TPSA) is 38.3 Å². The predicted molar refractivity (Wildman–Crippen MR) is 80.6 cm³/mol. The van der Waals surface area contributed by atoms with Crippen LogP contribution in [0, 0.1) is 11.7 Å². The zero-order valence-corrected chi connectivity index (χ0v) is 12.2. The molecule has 0 aromatic heterocycles. The van der Waals surface area contributed by atoms with Crippen LogP contribution in [0.25, 0.3) is 0 Å². The summed E-state index contributed by atoms with van der Waals surface area (Å²) in [4.78, 5) is 11.7. The van der Waals surface area contributed by atoms with Crippen molar-refractivity contribution in [2.24, 2.45) is 5.92 Å². The predicted octanol–water partition coefficient (Wildman–Crippen LogP) is 3.46. The molecule has 4 heteroatoms. The molecule has 3 nitrogen and oxygen atoms in total. The van der Waals surface area contributed by atoms with Crippen LogP contribution in [-0.4, -0.2) is 19.1 Å². The molecule has 2 rings (SSSR count). The Hall–Kier alpha value is -1.84. The number of hydrogen-bond acceptors (Lipinski definition) is 2. The largest absolute Gasteiger partial charge is 0.494 e. The van der Waals surface area contributed by atoms with Crippen molar-refractivity contribution in [2.75, 3.05) is 13.2 Å². The third kappa shape index (κ3) is 5.98. The summed E-state index contributed by atoms with van der Waals surface area (Å²) in [5.41, 5.74) is 0. The number of nitrogens with one attached hydrogen (secondary N) is 1. The molecule has 0 saturated carbocycles. The Labute approximate surface area is 125 Å². The SMILES string of the molecule is O=C(CC1C=CCC1)NCCCCOc1ccc(F)cc1. The van der Waals surface area contributed by atoms with E-state index in [4.69, 9.17) is 4.74 Å². The molecular formula is C17H22FNO2. The van der Waals surface area contributed by atoms with Gasteiger partial charge in [-0.15, -0.1) is 0 Å². The van der Waals surface area contributed by atoms with Crippen molar-refractivity contribution in [3.63, 3.8) is 0 Å². The molecule has 1 amide bonds. The molecule has 1 aromatic carbocycles. The van der Waals surface area contributed by atoms with Gasteiger partial charge in [0.1, 0.15) is 11.6 Å². The van der Waals surface area contributed by atoms with E-state index in [-0.39, 0.29) is 11.7 Å². The average Bonchev–Trinajstić information content (AvgIpc) is 2.97. The van der Waals surface area contributed by atoms with Gasteiger partial charge in [-0.05, 0) is 55.9 Å². The number of hydrogen-bond donors (Lipinski definition) is 1. The maximum absolute atomic E-state index is 12.7. The zero-order chi connectivity index (χ0) is 14.9. The zero-order valence-electron chi connectivity index (χ0n) is 12.2. The van der Waals surface area contributed by atoms with Crippen LogP contribution in [0.2, 0.25) is 0 Å². The molecule has 0 radical (unpaired) electrons. The number of carbonyl (C=O) groups is 1. The first-order chi connectivity index (χ1) is 10.2. The van der Waals surface area contributed by atoms with Gasteiger partial charge in [0.15, 0.2) is 0 Å². The van der Waals surface area contributed by atoms with Crippen LogP contribution >= 0.6 is 0 Å². The van der Waals surface area contributed by atoms with E-state index in [0.717, 1.165) is 25.7 Å². The lowest BCUT2D eigenvalue weighted by Crippen LogP contribution is -2.26. The average molecular weight is 291 g/mol. The summed E-state index contributed by atoms with van der Waals surface area (Å²) in [6.45, 7) is 1.26. The molecule has 1 aliphatic rings. The number of rotatable bonds is 8. The number of unbranched alkanes of at least 4 members (excludes halogenated alkanes) is 1. The maximum Gasteiger partial charge on any atom is 0.220 e. The summed E-state index contributed by atoms with van der Waals surface area (Å²) >= 11 is 0. The van der Waals surface area contributed by atoms with Crippen LogP contribution in [0.1, 0.15) is 32.1 Å². The summed E-state index contributed by atoms with van der Waals surface area (Å²) in [6, 6.07) is 6.00. The molecule has 0 fully saturated rings. The van der Waals surface area contributed by atoms with E-state index in [9.17, 15) is 9.18 Å². The second-order valence-electron chi connectivity index (χ2n) is 5.33. The molecule has 21 heavy (non-hydrogen) atoms. The summed E-state index contributed by atoms with van der Waals surface area (Å²) in [7, 11) is 0. The van der Waals surface area contributed by atoms with Crippen LogP contribution in [0.4, 0.5) is 4.39 Å². The minimum Gasteiger partial charge on any atom is -0.494 e. The highest BCUT2D eigenvalue weighted by molar-refractivity contribution is 5.76. The van der Waals surface area contributed by atoms with Crippen molar-refractivity contribution >= 4 is 5.91 Å². The Morgan fingerprint density at radius 3 is 2.81 bits per heavy atom. The molecule has 114 valence electrons. The first kappa shape index (κ1) is 15.5. The lowest BCUT2D eigenvalue weighted by molar-refractivity contribution is -0.121. The third-order valence-corrected chi connectivity index (χ3v) is 3.54. The number of benzene rings is 1. The maximum atomic E-state index is 12.7. The van der Waals surface area contributed by atoms with E-state index in [1.165, 1.54) is 12.1 Å². The Kier molecular flexibility index (Phi) is 6.25. The van der Waals surface area contributed by atoms with Gasteiger partial charge in [-0.25, -0.2) is 4.39 Å². The second kappa shape index (κ2) is 8.45. The third-order valence-electron chi connectivity index (χ3n) is 3.54. The standard InChI is InChI=1S/C17H22FNO2/c18-15-7-9-16(10-8-15)21-12-4-3-11-19-17(20)13-14-5-1-2-6-14/h1,5,7-10,14H,2-4,6,11-13H2,(H,19,20). The molecule has 1 atom stereocenters. The number of amides is 1. The van der Waals surface area contributed by atoms with Crippen molar-refractivity contribution in [3.05, 3.63) is 42.2 Å². The van der Waals surface area contributed by atoms with Gasteiger partial charge in [0.25, 0.3) is 0 Å². The van der Waals surface area contributed by atoms with Crippen molar-refractivity contribution in [1.82, 2.24) is 5.32 Å². The normalized spacial score (nSPS) is 16.9. The minimum atomic E-state index is -0.262. The fourth-order valence-corrected chi connectivity index (χ4v) is 2.35. The van der Waals surface area contributed by atoms with Crippen LogP contribution in [-0.2, 0) is 4.79 Å². The highest BCUT2D eigenvalue weighted by atomic mass is 19.1. The molecule has 1 aliphatic carbocycles. The van der Waals surface area contributed by atoms with Gasteiger partial charge >= 0.3 is 0 Å². The second-order valence-corrected chi connectivity index (χ2v) is 5.33. The first-order valence-corrected chi connectivity index (χ1v) is 7.56. The van der Waals surface area contributed by atoms with Crippen molar-refractivity contribution in [3.8, 4) is 5.75 Å². The molecule has 0 aliphatic heterocycles. The van der Waals surface area contributed by atoms with Crippen molar-refractivity contribution in [2.45, 2.75) is 32.1 Å². The fraction of sp³-hybridized carbons (Fsp3) is 0.471. The van der Waals surface area contributed by atoms with Crippen molar-refractivity contribution < 1.29 is 13.9 Å². The van der Waals surface area contributed by atoms with Crippen LogP contribution in [0.15, 0.2) is 36.4 Å². The monoisotopic (exact) mass is 291 g/mol. The molecule has 0 heterocycles. The molecule has 1 unspecified atom stereocenters. The molecular weight excluding hydrogens is 269 g/mol. The fourth-order valence-electron chi connectivity index (χ4n) is 2.35.